The summed E-state index contributed by atoms with van der Waals surface area (Å²) in [5, 5.41) is 8.49. The zero-order valence-electron chi connectivity index (χ0n) is 33.1. The van der Waals surface area contributed by atoms with Gasteiger partial charge < -0.3 is 13.8 Å². The van der Waals surface area contributed by atoms with Crippen molar-refractivity contribution >= 4 is 126 Å². The largest absolute Gasteiger partial charge is 0.456 e. The molecule has 4 aromatic heterocycles. The minimum Gasteiger partial charge on any atom is -0.456 e. The van der Waals surface area contributed by atoms with Gasteiger partial charge in [0, 0.05) is 69.9 Å². The Labute approximate surface area is 353 Å². The van der Waals surface area contributed by atoms with Crippen LogP contribution in [0.25, 0.3) is 102 Å². The Morgan fingerprint density at radius 1 is 0.567 bits per heavy atom. The molecule has 0 aliphatic carbocycles. The molecule has 0 spiro atoms. The highest BCUT2D eigenvalue weighted by atomic mass is 32.1. The smallest absolute Gasteiger partial charge is 0.333 e. The molecule has 4 nitrogen and oxygen atoms in total. The molecule has 14 rings (SSSR count). The van der Waals surface area contributed by atoms with Crippen LogP contribution in [0.5, 0.6) is 0 Å². The summed E-state index contributed by atoms with van der Waals surface area (Å²) in [5.41, 5.74) is 16.4. The molecule has 0 bridgehead atoms. The summed E-state index contributed by atoms with van der Waals surface area (Å²) in [5.74, 6) is 0. The second kappa shape index (κ2) is 11.5. The van der Waals surface area contributed by atoms with Gasteiger partial charge in [-0.15, -0.1) is 22.7 Å². The molecule has 2 aliphatic heterocycles. The van der Waals surface area contributed by atoms with E-state index in [1.54, 1.807) is 11.3 Å². The number of rotatable bonds is 2. The fraction of sp³-hybridized carbons (Fsp3) is 0.0755. The number of hydrogen-bond acceptors (Lipinski definition) is 5. The molecule has 0 fully saturated rings. The number of thiophene rings is 1. The van der Waals surface area contributed by atoms with E-state index in [0.717, 1.165) is 43.7 Å². The number of nitrogens with zero attached hydrogens (tertiary/aromatic N) is 3. The van der Waals surface area contributed by atoms with E-state index in [1.165, 1.54) is 85.7 Å². The summed E-state index contributed by atoms with van der Waals surface area (Å²) >= 11 is 3.67. The van der Waals surface area contributed by atoms with E-state index in [0.29, 0.717) is 0 Å². The lowest BCUT2D eigenvalue weighted by atomic mass is 9.44. The highest BCUT2D eigenvalue weighted by Gasteiger charge is 2.44. The molecule has 12 aromatic rings. The fourth-order valence-corrected chi connectivity index (χ4v) is 12.5. The Balaban J connectivity index is 1.14. The van der Waals surface area contributed by atoms with Crippen LogP contribution in [-0.2, 0) is 5.41 Å². The van der Waals surface area contributed by atoms with E-state index in [1.807, 2.05) is 11.3 Å². The maximum Gasteiger partial charge on any atom is 0.333 e. The molecule has 2 aliphatic rings. The highest BCUT2D eigenvalue weighted by molar-refractivity contribution is 7.26. The molecular weight excluding hydrogens is 770 g/mol. The van der Waals surface area contributed by atoms with Gasteiger partial charge in [-0.3, -0.25) is 0 Å². The topological polar surface area (TPSA) is 34.2 Å². The lowest BCUT2D eigenvalue weighted by molar-refractivity contribution is 0.590. The van der Waals surface area contributed by atoms with E-state index in [4.69, 9.17) is 9.40 Å². The average molecular weight is 804 g/mol. The van der Waals surface area contributed by atoms with Crippen LogP contribution in [0, 0.1) is 0 Å². The van der Waals surface area contributed by atoms with Crippen LogP contribution in [0.2, 0.25) is 0 Å². The maximum absolute atomic E-state index is 6.61. The van der Waals surface area contributed by atoms with Crippen LogP contribution < -0.4 is 15.7 Å². The van der Waals surface area contributed by atoms with Gasteiger partial charge in [0.15, 0.2) is 0 Å². The maximum atomic E-state index is 6.61. The fourth-order valence-electron chi connectivity index (χ4n) is 10.4. The summed E-state index contributed by atoms with van der Waals surface area (Å²) < 4.78 is 13.0. The normalized spacial score (nSPS) is 13.5. The predicted octanol–water partition coefficient (Wildman–Crippen LogP) is 13.9. The summed E-state index contributed by atoms with van der Waals surface area (Å²) in [6.45, 7) is 6.75. The van der Waals surface area contributed by atoms with Crippen molar-refractivity contribution in [3.8, 4) is 27.4 Å². The van der Waals surface area contributed by atoms with Crippen molar-refractivity contribution in [3.05, 3.63) is 157 Å². The molecule has 0 radical (unpaired) electrons. The SMILES string of the molecule is CC(C)(C)c1ccc(N2B3c4cc5nc(-c6ccccc6)sc5cc4-n4c5cc6c(cc5c5ccc(c3c54)-c3cc4oc5ccccc5c4cc32)sc2ccccc26)cc1. The third kappa shape index (κ3) is 4.38. The minimum absolute atomic E-state index is 0.0309. The minimum atomic E-state index is -0.118. The van der Waals surface area contributed by atoms with E-state index < -0.39 is 0 Å². The van der Waals surface area contributed by atoms with Crippen molar-refractivity contribution in [3.63, 3.8) is 0 Å². The van der Waals surface area contributed by atoms with Crippen molar-refractivity contribution < 1.29 is 4.42 Å². The van der Waals surface area contributed by atoms with E-state index in [2.05, 4.69) is 182 Å². The number of furan rings is 1. The van der Waals surface area contributed by atoms with Gasteiger partial charge in [0.2, 0.25) is 0 Å². The van der Waals surface area contributed by atoms with Crippen LogP contribution in [0.4, 0.5) is 11.4 Å². The molecule has 282 valence electrons. The van der Waals surface area contributed by atoms with Gasteiger partial charge in [0.25, 0.3) is 0 Å². The lowest BCUT2D eigenvalue weighted by Crippen LogP contribution is -2.60. The van der Waals surface area contributed by atoms with Gasteiger partial charge in [-0.2, -0.15) is 0 Å². The lowest BCUT2D eigenvalue weighted by Gasteiger charge is -2.42. The molecular formula is C53H34BN3OS2. The van der Waals surface area contributed by atoms with E-state index in [-0.39, 0.29) is 12.3 Å². The number of aromatic nitrogens is 2. The van der Waals surface area contributed by atoms with Gasteiger partial charge in [0.05, 0.1) is 21.3 Å². The third-order valence-corrected chi connectivity index (χ3v) is 15.3. The zero-order valence-corrected chi connectivity index (χ0v) is 34.7. The Morgan fingerprint density at radius 3 is 2.22 bits per heavy atom. The number of benzene rings is 8. The Kier molecular flexibility index (Phi) is 6.38. The number of anilines is 2. The number of para-hydroxylation sites is 1. The molecule has 0 unspecified atom stereocenters. The molecule has 0 N–H and O–H groups in total. The van der Waals surface area contributed by atoms with Crippen molar-refractivity contribution in [2.24, 2.45) is 0 Å². The summed E-state index contributed by atoms with van der Waals surface area (Å²) in [6.07, 6.45) is 0. The van der Waals surface area contributed by atoms with Crippen LogP contribution in [0.15, 0.2) is 156 Å². The monoisotopic (exact) mass is 803 g/mol. The van der Waals surface area contributed by atoms with E-state index in [9.17, 15) is 0 Å². The molecule has 8 aromatic carbocycles. The number of hydrogen-bond donors (Lipinski definition) is 0. The second-order valence-corrected chi connectivity index (χ2v) is 19.6. The van der Waals surface area contributed by atoms with E-state index >= 15 is 0 Å². The summed E-state index contributed by atoms with van der Waals surface area (Å²) in [7, 11) is 0. The second-order valence-electron chi connectivity index (χ2n) is 17.5. The van der Waals surface area contributed by atoms with Gasteiger partial charge >= 0.3 is 6.85 Å². The molecule has 0 amide bonds. The Bertz CT molecular complexity index is 3830. The molecule has 0 atom stereocenters. The molecule has 60 heavy (non-hydrogen) atoms. The quantitative estimate of drug-likeness (QED) is 0.163. The Hall–Kier alpha value is -6.67. The van der Waals surface area contributed by atoms with Gasteiger partial charge in [-0.1, -0.05) is 112 Å². The molecule has 7 heteroatoms. The molecule has 0 saturated heterocycles. The van der Waals surface area contributed by atoms with Crippen molar-refractivity contribution in [1.29, 1.82) is 0 Å². The van der Waals surface area contributed by atoms with Gasteiger partial charge in [-0.05, 0) is 88.1 Å². The predicted molar refractivity (Wildman–Crippen MR) is 257 cm³/mol. The first kappa shape index (κ1) is 33.2. The average Bonchev–Trinajstić information content (AvgIpc) is 4.04. The highest BCUT2D eigenvalue weighted by Crippen LogP contribution is 2.49. The first-order valence-electron chi connectivity index (χ1n) is 20.6. The zero-order chi connectivity index (χ0) is 39.6. The number of thiazole rings is 1. The van der Waals surface area contributed by atoms with Crippen LogP contribution in [0.1, 0.15) is 26.3 Å². The van der Waals surface area contributed by atoms with Crippen LogP contribution >= 0.6 is 22.7 Å². The molecule has 0 saturated carbocycles. The third-order valence-electron chi connectivity index (χ3n) is 13.1. The molecule has 6 heterocycles. The van der Waals surface area contributed by atoms with Crippen molar-refractivity contribution in [2.45, 2.75) is 26.2 Å². The summed E-state index contributed by atoms with van der Waals surface area (Å²) in [4.78, 5) is 7.97. The van der Waals surface area contributed by atoms with Gasteiger partial charge in [0.1, 0.15) is 16.2 Å². The number of fused-ring (bicyclic) bond motifs is 15. The van der Waals surface area contributed by atoms with Crippen LogP contribution in [-0.4, -0.2) is 16.4 Å². The first-order valence-corrected chi connectivity index (χ1v) is 22.3. The van der Waals surface area contributed by atoms with Crippen LogP contribution in [0.3, 0.4) is 0 Å². The summed E-state index contributed by atoms with van der Waals surface area (Å²) in [6, 6.07) is 56.4. The van der Waals surface area contributed by atoms with Crippen molar-refractivity contribution in [2.75, 3.05) is 4.81 Å². The Morgan fingerprint density at radius 2 is 1.37 bits per heavy atom. The van der Waals surface area contributed by atoms with Gasteiger partial charge in [-0.25, -0.2) is 4.98 Å². The first-order chi connectivity index (χ1) is 29.4. The standard InChI is InChI=1S/C53H34BN3OS2/c1-53(2,3)30-17-19-31(20-18-30)57-43-23-38-32-13-7-9-15-45(32)58-46(38)25-36(43)34-21-22-35-37-26-48-39(33-14-8-10-16-47(33)59-48)24-42(37)56-44-28-49-41(27-40(44)54(57)50(34)51(35)56)55-52(60-49)29-11-5-4-6-12-29/h4-28H,1-3H3. The van der Waals surface area contributed by atoms with Crippen molar-refractivity contribution in [1.82, 2.24) is 9.55 Å².